The van der Waals surface area contributed by atoms with Gasteiger partial charge in [-0.1, -0.05) is 0 Å². The minimum absolute atomic E-state index is 0.108. The second kappa shape index (κ2) is 2.88. The van der Waals surface area contributed by atoms with Gasteiger partial charge in [-0.3, -0.25) is 4.79 Å². The molecule has 0 saturated carbocycles. The lowest BCUT2D eigenvalue weighted by atomic mass is 10.4. The van der Waals surface area contributed by atoms with Crippen molar-refractivity contribution in [2.24, 2.45) is 0 Å². The number of nitrogens with zero attached hydrogens (tertiary/aromatic N) is 2. The van der Waals surface area contributed by atoms with E-state index in [2.05, 4.69) is 9.97 Å². The third kappa shape index (κ3) is 1.77. The SMILES string of the molecule is O=[C]c1cnc(C(F)(F)F)nc1. The van der Waals surface area contributed by atoms with E-state index >= 15 is 0 Å². The van der Waals surface area contributed by atoms with Crippen molar-refractivity contribution in [1.29, 1.82) is 0 Å². The average molecular weight is 175 g/mol. The molecular weight excluding hydrogens is 173 g/mol. The Balaban J connectivity index is 3.00. The number of hydrogen-bond acceptors (Lipinski definition) is 3. The fraction of sp³-hybridized carbons (Fsp3) is 0.167. The largest absolute Gasteiger partial charge is 0.451 e. The molecule has 0 fully saturated rings. The van der Waals surface area contributed by atoms with Crippen molar-refractivity contribution in [2.45, 2.75) is 6.18 Å². The van der Waals surface area contributed by atoms with Gasteiger partial charge in [-0.15, -0.1) is 0 Å². The van der Waals surface area contributed by atoms with Gasteiger partial charge in [0.1, 0.15) is 0 Å². The van der Waals surface area contributed by atoms with E-state index in [1.807, 2.05) is 0 Å². The zero-order valence-electron chi connectivity index (χ0n) is 5.59. The number of carbonyl (C=O) groups excluding carboxylic acids is 1. The monoisotopic (exact) mass is 175 g/mol. The molecule has 0 aliphatic heterocycles. The van der Waals surface area contributed by atoms with Crippen LogP contribution in [0.4, 0.5) is 13.2 Å². The Bertz CT molecular complexity index is 280. The van der Waals surface area contributed by atoms with Gasteiger partial charge < -0.3 is 0 Å². The van der Waals surface area contributed by atoms with Crippen LogP contribution in [0.5, 0.6) is 0 Å². The van der Waals surface area contributed by atoms with Crippen molar-refractivity contribution in [1.82, 2.24) is 9.97 Å². The lowest BCUT2D eigenvalue weighted by Gasteiger charge is -2.02. The summed E-state index contributed by atoms with van der Waals surface area (Å²) < 4.78 is 35.4. The fourth-order valence-corrected chi connectivity index (χ4v) is 0.527. The summed E-state index contributed by atoms with van der Waals surface area (Å²) in [5.74, 6) is -1.26. The summed E-state index contributed by atoms with van der Waals surface area (Å²) in [6, 6.07) is 0. The first-order chi connectivity index (χ1) is 5.54. The summed E-state index contributed by atoms with van der Waals surface area (Å²) in [5.41, 5.74) is -0.108. The highest BCUT2D eigenvalue weighted by atomic mass is 19.4. The lowest BCUT2D eigenvalue weighted by Crippen LogP contribution is -2.10. The number of alkyl halides is 3. The molecule has 0 atom stereocenters. The molecule has 1 heterocycles. The first-order valence-electron chi connectivity index (χ1n) is 2.81. The number of hydrogen-bond donors (Lipinski definition) is 0. The second-order valence-electron chi connectivity index (χ2n) is 1.90. The molecule has 0 saturated heterocycles. The van der Waals surface area contributed by atoms with E-state index in [9.17, 15) is 18.0 Å². The van der Waals surface area contributed by atoms with Gasteiger partial charge in [0.2, 0.25) is 12.1 Å². The summed E-state index contributed by atoms with van der Waals surface area (Å²) >= 11 is 0. The van der Waals surface area contributed by atoms with Crippen molar-refractivity contribution in [3.8, 4) is 0 Å². The van der Waals surface area contributed by atoms with Gasteiger partial charge in [0.25, 0.3) is 0 Å². The van der Waals surface area contributed by atoms with Crippen LogP contribution in [0.2, 0.25) is 0 Å². The predicted molar refractivity (Wildman–Crippen MR) is 31.8 cm³/mol. The summed E-state index contributed by atoms with van der Waals surface area (Å²) in [7, 11) is 0. The van der Waals surface area contributed by atoms with E-state index in [1.165, 1.54) is 6.29 Å². The maximum absolute atomic E-state index is 11.8. The molecular formula is C6H2F3N2O. The Morgan fingerprint density at radius 3 is 2.08 bits per heavy atom. The molecule has 3 nitrogen and oxygen atoms in total. The first-order valence-corrected chi connectivity index (χ1v) is 2.81. The molecule has 0 aliphatic carbocycles. The quantitative estimate of drug-likeness (QED) is 0.638. The van der Waals surface area contributed by atoms with Crippen LogP contribution in [0.25, 0.3) is 0 Å². The smallest absolute Gasteiger partial charge is 0.285 e. The zero-order valence-corrected chi connectivity index (χ0v) is 5.59. The third-order valence-electron chi connectivity index (χ3n) is 1.02. The van der Waals surface area contributed by atoms with E-state index in [0.717, 1.165) is 12.4 Å². The normalized spacial score (nSPS) is 11.2. The van der Waals surface area contributed by atoms with E-state index in [1.54, 1.807) is 0 Å². The molecule has 6 heteroatoms. The lowest BCUT2D eigenvalue weighted by molar-refractivity contribution is -0.145. The molecule has 1 aromatic heterocycles. The maximum Gasteiger partial charge on any atom is 0.451 e. The fourth-order valence-electron chi connectivity index (χ4n) is 0.527. The molecule has 0 unspecified atom stereocenters. The minimum atomic E-state index is -4.57. The molecule has 1 rings (SSSR count). The highest BCUT2D eigenvalue weighted by Crippen LogP contribution is 2.24. The van der Waals surface area contributed by atoms with E-state index in [4.69, 9.17) is 0 Å². The Morgan fingerprint density at radius 2 is 1.75 bits per heavy atom. The minimum Gasteiger partial charge on any atom is -0.285 e. The Labute approximate surface area is 65.3 Å². The van der Waals surface area contributed by atoms with Crippen molar-refractivity contribution in [3.05, 3.63) is 23.8 Å². The Hall–Kier alpha value is -1.46. The topological polar surface area (TPSA) is 42.9 Å². The number of aromatic nitrogens is 2. The maximum atomic E-state index is 11.8. The van der Waals surface area contributed by atoms with E-state index < -0.39 is 12.0 Å². The van der Waals surface area contributed by atoms with Gasteiger partial charge in [-0.2, -0.15) is 13.2 Å². The summed E-state index contributed by atoms with van der Waals surface area (Å²) in [6.07, 6.45) is -1.67. The van der Waals surface area contributed by atoms with Crippen molar-refractivity contribution in [3.63, 3.8) is 0 Å². The van der Waals surface area contributed by atoms with Gasteiger partial charge in [-0.25, -0.2) is 9.97 Å². The Kier molecular flexibility index (Phi) is 2.07. The summed E-state index contributed by atoms with van der Waals surface area (Å²) in [4.78, 5) is 15.7. The van der Waals surface area contributed by atoms with Crippen molar-refractivity contribution < 1.29 is 18.0 Å². The average Bonchev–Trinajstić information content (AvgIpc) is 2.03. The molecule has 0 bridgehead atoms. The molecule has 12 heavy (non-hydrogen) atoms. The molecule has 0 spiro atoms. The first kappa shape index (κ1) is 8.63. The van der Waals surface area contributed by atoms with Crippen LogP contribution in [0, 0.1) is 0 Å². The molecule has 0 N–H and O–H groups in total. The molecule has 63 valence electrons. The highest BCUT2D eigenvalue weighted by Gasteiger charge is 2.34. The van der Waals surface area contributed by atoms with Gasteiger partial charge in [0, 0.05) is 12.4 Å². The van der Waals surface area contributed by atoms with Crippen LogP contribution >= 0.6 is 0 Å². The van der Waals surface area contributed by atoms with Gasteiger partial charge in [0.05, 0.1) is 5.56 Å². The third-order valence-corrected chi connectivity index (χ3v) is 1.02. The van der Waals surface area contributed by atoms with Gasteiger partial charge >= 0.3 is 6.18 Å². The van der Waals surface area contributed by atoms with Gasteiger partial charge in [-0.05, 0) is 0 Å². The molecule has 1 aromatic rings. The summed E-state index contributed by atoms with van der Waals surface area (Å²) in [5, 5.41) is 0. The zero-order chi connectivity index (χ0) is 9.19. The van der Waals surface area contributed by atoms with Crippen LogP contribution in [-0.4, -0.2) is 16.3 Å². The second-order valence-corrected chi connectivity index (χ2v) is 1.90. The summed E-state index contributed by atoms with van der Waals surface area (Å²) in [6.45, 7) is 0. The Morgan fingerprint density at radius 1 is 1.25 bits per heavy atom. The van der Waals surface area contributed by atoms with Crippen molar-refractivity contribution in [2.75, 3.05) is 0 Å². The van der Waals surface area contributed by atoms with E-state index in [0.29, 0.717) is 0 Å². The van der Waals surface area contributed by atoms with Crippen LogP contribution < -0.4 is 0 Å². The standard InChI is InChI=1S/C6H2F3N2O/c7-6(8,9)5-10-1-4(3-12)2-11-5/h1-2H. The molecule has 1 radical (unpaired) electrons. The molecule has 0 aliphatic rings. The van der Waals surface area contributed by atoms with Crippen LogP contribution in [0.3, 0.4) is 0 Å². The van der Waals surface area contributed by atoms with E-state index in [-0.39, 0.29) is 5.56 Å². The van der Waals surface area contributed by atoms with Crippen LogP contribution in [-0.2, 0) is 11.0 Å². The van der Waals surface area contributed by atoms with Gasteiger partial charge in [0.15, 0.2) is 0 Å². The van der Waals surface area contributed by atoms with Crippen molar-refractivity contribution >= 4 is 6.29 Å². The predicted octanol–water partition coefficient (Wildman–Crippen LogP) is 0.953. The number of rotatable bonds is 1. The molecule has 0 aromatic carbocycles. The highest BCUT2D eigenvalue weighted by molar-refractivity contribution is 5.73. The van der Waals surface area contributed by atoms with Crippen LogP contribution in [0.15, 0.2) is 12.4 Å². The molecule has 0 amide bonds. The van der Waals surface area contributed by atoms with Crippen LogP contribution in [0.1, 0.15) is 11.4 Å². The number of halogens is 3.